The molecular formula is C16H30Cl2N2O. The van der Waals surface area contributed by atoms with Gasteiger partial charge in [-0.1, -0.05) is 0 Å². The number of hydrogen-bond donors (Lipinski definition) is 1. The Hall–Kier alpha value is 0.460. The van der Waals surface area contributed by atoms with Gasteiger partial charge in [0.05, 0.1) is 6.10 Å². The molecule has 0 radical (unpaired) electrons. The number of nitrogens with zero attached hydrogens (tertiary/aromatic N) is 2. The summed E-state index contributed by atoms with van der Waals surface area (Å²) in [6, 6.07) is 0. The number of rotatable bonds is 2. The van der Waals surface area contributed by atoms with Gasteiger partial charge in [-0.05, 0) is 56.9 Å². The zero-order valence-corrected chi connectivity index (χ0v) is 14.7. The number of piperazine rings is 1. The van der Waals surface area contributed by atoms with Crippen molar-refractivity contribution in [1.29, 1.82) is 0 Å². The fourth-order valence-corrected chi connectivity index (χ4v) is 5.86. The molecular weight excluding hydrogens is 307 g/mol. The van der Waals surface area contributed by atoms with Crippen molar-refractivity contribution < 1.29 is 5.11 Å². The fourth-order valence-electron chi connectivity index (χ4n) is 5.86. The highest BCUT2D eigenvalue weighted by Crippen LogP contribution is 2.60. The molecule has 1 N–H and O–H groups in total. The van der Waals surface area contributed by atoms with Crippen LogP contribution in [0.2, 0.25) is 0 Å². The van der Waals surface area contributed by atoms with Crippen molar-refractivity contribution in [2.75, 3.05) is 39.8 Å². The number of halogens is 2. The lowest BCUT2D eigenvalue weighted by atomic mass is 9.48. The molecule has 5 fully saturated rings. The van der Waals surface area contributed by atoms with Crippen LogP contribution >= 0.6 is 24.8 Å². The molecule has 1 heterocycles. The molecule has 4 saturated carbocycles. The summed E-state index contributed by atoms with van der Waals surface area (Å²) in [5, 5.41) is 10.8. The van der Waals surface area contributed by atoms with Crippen LogP contribution in [-0.2, 0) is 0 Å². The molecule has 21 heavy (non-hydrogen) atoms. The maximum Gasteiger partial charge on any atom is 0.0637 e. The Morgan fingerprint density at radius 2 is 1.52 bits per heavy atom. The van der Waals surface area contributed by atoms with Crippen molar-refractivity contribution in [1.82, 2.24) is 9.80 Å². The largest absolute Gasteiger partial charge is 0.392 e. The second-order valence-corrected chi connectivity index (χ2v) is 7.99. The maximum atomic E-state index is 10.8. The molecule has 0 spiro atoms. The minimum absolute atomic E-state index is 0. The summed E-state index contributed by atoms with van der Waals surface area (Å²) in [6.45, 7) is 5.96. The molecule has 4 aliphatic carbocycles. The highest BCUT2D eigenvalue weighted by molar-refractivity contribution is 5.85. The number of aliphatic hydroxyl groups is 1. The quantitative estimate of drug-likeness (QED) is 0.837. The molecule has 0 aromatic heterocycles. The average Bonchev–Trinajstić information content (AvgIpc) is 2.38. The summed E-state index contributed by atoms with van der Waals surface area (Å²) in [5.41, 5.74) is 0.269. The molecule has 0 aromatic carbocycles. The van der Waals surface area contributed by atoms with E-state index in [0.717, 1.165) is 11.8 Å². The molecule has 3 nitrogen and oxygen atoms in total. The van der Waals surface area contributed by atoms with E-state index in [2.05, 4.69) is 16.8 Å². The molecule has 5 heteroatoms. The van der Waals surface area contributed by atoms with E-state index in [-0.39, 0.29) is 36.3 Å². The summed E-state index contributed by atoms with van der Waals surface area (Å²) in [6.07, 6.45) is 6.74. The summed E-state index contributed by atoms with van der Waals surface area (Å²) in [4.78, 5) is 5.06. The number of aliphatic hydroxyl groups excluding tert-OH is 1. The van der Waals surface area contributed by atoms with Crippen LogP contribution in [0.4, 0.5) is 0 Å². The third-order valence-electron chi connectivity index (χ3n) is 6.54. The van der Waals surface area contributed by atoms with Crippen LogP contribution in [0.3, 0.4) is 0 Å². The van der Waals surface area contributed by atoms with E-state index in [1.165, 1.54) is 64.8 Å². The van der Waals surface area contributed by atoms with Crippen molar-refractivity contribution in [3.8, 4) is 0 Å². The van der Waals surface area contributed by atoms with E-state index in [9.17, 15) is 5.11 Å². The van der Waals surface area contributed by atoms with E-state index in [0.29, 0.717) is 5.92 Å². The smallest absolute Gasteiger partial charge is 0.0637 e. The maximum absolute atomic E-state index is 10.8. The van der Waals surface area contributed by atoms with E-state index >= 15 is 0 Å². The lowest BCUT2D eigenvalue weighted by Gasteiger charge is -2.60. The Morgan fingerprint density at radius 3 is 2.10 bits per heavy atom. The molecule has 5 aliphatic rings. The van der Waals surface area contributed by atoms with Gasteiger partial charge in [0.15, 0.2) is 0 Å². The fraction of sp³-hybridized carbons (Fsp3) is 1.00. The summed E-state index contributed by atoms with van der Waals surface area (Å²) in [5.74, 6) is 2.51. The first-order valence-corrected chi connectivity index (χ1v) is 8.24. The van der Waals surface area contributed by atoms with Gasteiger partial charge >= 0.3 is 0 Å². The van der Waals surface area contributed by atoms with Gasteiger partial charge in [0, 0.05) is 38.1 Å². The summed E-state index contributed by atoms with van der Waals surface area (Å²) < 4.78 is 0. The monoisotopic (exact) mass is 336 g/mol. The van der Waals surface area contributed by atoms with Crippen molar-refractivity contribution in [2.45, 2.75) is 38.2 Å². The first-order chi connectivity index (χ1) is 9.14. The normalized spacial score (nSPS) is 46.0. The Bertz CT molecular complexity index is 346. The van der Waals surface area contributed by atoms with E-state index < -0.39 is 0 Å². The third-order valence-corrected chi connectivity index (χ3v) is 6.54. The van der Waals surface area contributed by atoms with Crippen molar-refractivity contribution >= 4 is 24.8 Å². The number of likely N-dealkylation sites (N-methyl/N-ethyl adjacent to an activating group) is 1. The second-order valence-electron chi connectivity index (χ2n) is 7.99. The highest BCUT2D eigenvalue weighted by Gasteiger charge is 2.56. The molecule has 1 aliphatic heterocycles. The zero-order valence-electron chi connectivity index (χ0n) is 13.0. The zero-order chi connectivity index (χ0) is 13.0. The number of hydrogen-bond acceptors (Lipinski definition) is 3. The van der Waals surface area contributed by atoms with Crippen LogP contribution in [-0.4, -0.2) is 60.8 Å². The van der Waals surface area contributed by atoms with Crippen LogP contribution in [0.1, 0.15) is 32.1 Å². The van der Waals surface area contributed by atoms with Gasteiger partial charge in [-0.15, -0.1) is 24.8 Å². The Morgan fingerprint density at radius 1 is 0.952 bits per heavy atom. The second kappa shape index (κ2) is 6.52. The Labute approximate surface area is 141 Å². The molecule has 5 rings (SSSR count). The summed E-state index contributed by atoms with van der Waals surface area (Å²) in [7, 11) is 2.22. The molecule has 124 valence electrons. The van der Waals surface area contributed by atoms with Crippen molar-refractivity contribution in [3.63, 3.8) is 0 Å². The Balaban J connectivity index is 0.000000807. The van der Waals surface area contributed by atoms with Crippen LogP contribution in [0.25, 0.3) is 0 Å². The van der Waals surface area contributed by atoms with Crippen molar-refractivity contribution in [3.05, 3.63) is 0 Å². The molecule has 1 saturated heterocycles. The molecule has 0 amide bonds. The highest BCUT2D eigenvalue weighted by atomic mass is 35.5. The average molecular weight is 337 g/mol. The van der Waals surface area contributed by atoms with Crippen LogP contribution < -0.4 is 0 Å². The van der Waals surface area contributed by atoms with Gasteiger partial charge in [0.2, 0.25) is 0 Å². The SMILES string of the molecule is CN1CCN(CC23CC4CC(CC(C4)C2O)C3)CC1.Cl.Cl. The van der Waals surface area contributed by atoms with Gasteiger partial charge in [-0.3, -0.25) is 0 Å². The lowest BCUT2D eigenvalue weighted by molar-refractivity contribution is -0.165. The van der Waals surface area contributed by atoms with E-state index in [4.69, 9.17) is 0 Å². The third kappa shape index (κ3) is 3.10. The van der Waals surface area contributed by atoms with E-state index in [1.807, 2.05) is 0 Å². The van der Waals surface area contributed by atoms with Crippen LogP contribution in [0.15, 0.2) is 0 Å². The molecule has 0 aromatic rings. The van der Waals surface area contributed by atoms with E-state index in [1.54, 1.807) is 0 Å². The van der Waals surface area contributed by atoms with Gasteiger partial charge in [-0.25, -0.2) is 0 Å². The molecule has 3 atom stereocenters. The van der Waals surface area contributed by atoms with Gasteiger partial charge in [0.1, 0.15) is 0 Å². The topological polar surface area (TPSA) is 26.7 Å². The van der Waals surface area contributed by atoms with Gasteiger partial charge < -0.3 is 14.9 Å². The summed E-state index contributed by atoms with van der Waals surface area (Å²) >= 11 is 0. The van der Waals surface area contributed by atoms with Gasteiger partial charge in [-0.2, -0.15) is 0 Å². The Kier molecular flexibility index (Phi) is 5.53. The lowest BCUT2D eigenvalue weighted by Crippen LogP contribution is -2.61. The predicted molar refractivity (Wildman–Crippen MR) is 90.4 cm³/mol. The first-order valence-electron chi connectivity index (χ1n) is 8.24. The van der Waals surface area contributed by atoms with Crippen molar-refractivity contribution in [2.24, 2.45) is 23.2 Å². The predicted octanol–water partition coefficient (Wildman–Crippen LogP) is 2.26. The van der Waals surface area contributed by atoms with Crippen LogP contribution in [0, 0.1) is 23.2 Å². The van der Waals surface area contributed by atoms with Crippen LogP contribution in [0.5, 0.6) is 0 Å². The molecule has 3 unspecified atom stereocenters. The van der Waals surface area contributed by atoms with Gasteiger partial charge in [0.25, 0.3) is 0 Å². The standard InChI is InChI=1S/C16H28N2O.2ClH/c1-17-2-4-18(5-3-17)11-16-9-12-6-13(10-16)8-14(7-12)15(16)19;;/h12-15,19H,2-11H2,1H3;2*1H. The minimum atomic E-state index is -0.0000406. The minimum Gasteiger partial charge on any atom is -0.392 e. The first kappa shape index (κ1) is 17.8. The molecule has 4 bridgehead atoms.